The molecule has 2 aromatic carbocycles. The molecule has 4 nitrogen and oxygen atoms in total. The molecule has 0 spiro atoms. The summed E-state index contributed by atoms with van der Waals surface area (Å²) in [4.78, 5) is 21.4. The van der Waals surface area contributed by atoms with E-state index in [0.717, 1.165) is 5.02 Å². The molecule has 0 bridgehead atoms. The first-order chi connectivity index (χ1) is 10.3. The third-order valence-electron chi connectivity index (χ3n) is 2.77. The summed E-state index contributed by atoms with van der Waals surface area (Å²) in [5.41, 5.74) is 7.34. The smallest absolute Gasteiger partial charge is 0.325 e. The van der Waals surface area contributed by atoms with Crippen LogP contribution in [0.2, 0.25) is 5.02 Å². The number of carbonyl (C=O) groups excluding carboxylic acids is 1. The lowest BCUT2D eigenvalue weighted by molar-refractivity contribution is -0.138. The number of carbonyl (C=O) groups is 2. The van der Waals surface area contributed by atoms with Crippen LogP contribution in [0, 0.1) is 6.92 Å². The van der Waals surface area contributed by atoms with Gasteiger partial charge in [-0.1, -0.05) is 47.5 Å². The van der Waals surface area contributed by atoms with E-state index in [-0.39, 0.29) is 0 Å². The van der Waals surface area contributed by atoms with E-state index >= 15 is 0 Å². The van der Waals surface area contributed by atoms with Gasteiger partial charge in [0.15, 0.2) is 0 Å². The Hall–Kier alpha value is -1.82. The number of halogens is 1. The Kier molecular flexibility index (Phi) is 7.11. The van der Waals surface area contributed by atoms with Crippen molar-refractivity contribution in [3.63, 3.8) is 0 Å². The van der Waals surface area contributed by atoms with Crippen molar-refractivity contribution in [2.45, 2.75) is 13.0 Å². The van der Waals surface area contributed by atoms with Crippen molar-refractivity contribution in [2.24, 2.45) is 5.73 Å². The SMILES string of the molecule is Cc1ccc(Cl)cc1.NC(C(=O)O)c1cccc(C(=O)S)c1. The fraction of sp³-hybridized carbons (Fsp3) is 0.125. The minimum absolute atomic E-state index is 0.336. The number of benzene rings is 2. The Morgan fingerprint density at radius 3 is 2.23 bits per heavy atom. The van der Waals surface area contributed by atoms with E-state index in [1.54, 1.807) is 18.2 Å². The van der Waals surface area contributed by atoms with Crippen molar-refractivity contribution in [2.75, 3.05) is 0 Å². The number of carboxylic acids is 1. The molecule has 0 saturated carbocycles. The first-order valence-corrected chi connectivity index (χ1v) is 7.17. The van der Waals surface area contributed by atoms with Crippen LogP contribution >= 0.6 is 24.2 Å². The first-order valence-electron chi connectivity index (χ1n) is 6.35. The van der Waals surface area contributed by atoms with E-state index in [0.29, 0.717) is 11.1 Å². The van der Waals surface area contributed by atoms with Crippen LogP contribution < -0.4 is 5.73 Å². The quantitative estimate of drug-likeness (QED) is 0.749. The van der Waals surface area contributed by atoms with Gasteiger partial charge in [-0.25, -0.2) is 0 Å². The molecule has 0 heterocycles. The molecule has 6 heteroatoms. The molecule has 0 radical (unpaired) electrons. The zero-order chi connectivity index (χ0) is 16.7. The van der Waals surface area contributed by atoms with Gasteiger partial charge in [0.25, 0.3) is 0 Å². The molecule has 0 aliphatic heterocycles. The number of nitrogens with two attached hydrogens (primary N) is 1. The minimum atomic E-state index is -1.13. The molecule has 116 valence electrons. The molecule has 1 atom stereocenters. The zero-order valence-corrected chi connectivity index (χ0v) is 13.5. The van der Waals surface area contributed by atoms with Crippen molar-refractivity contribution in [3.05, 3.63) is 70.2 Å². The molecular formula is C16H16ClNO3S. The van der Waals surface area contributed by atoms with Gasteiger partial charge in [-0.3, -0.25) is 9.59 Å². The maximum absolute atomic E-state index is 10.9. The summed E-state index contributed by atoms with van der Waals surface area (Å²) in [5, 5.41) is 9.02. The van der Waals surface area contributed by atoms with Crippen LogP contribution in [0.3, 0.4) is 0 Å². The molecule has 1 unspecified atom stereocenters. The van der Waals surface area contributed by atoms with Crippen LogP contribution in [-0.2, 0) is 4.79 Å². The van der Waals surface area contributed by atoms with Gasteiger partial charge < -0.3 is 10.8 Å². The van der Waals surface area contributed by atoms with E-state index in [1.165, 1.54) is 11.6 Å². The molecule has 3 N–H and O–H groups in total. The van der Waals surface area contributed by atoms with Crippen molar-refractivity contribution < 1.29 is 14.7 Å². The van der Waals surface area contributed by atoms with Crippen LogP contribution in [0.15, 0.2) is 48.5 Å². The number of aliphatic carboxylic acids is 1. The molecule has 22 heavy (non-hydrogen) atoms. The van der Waals surface area contributed by atoms with E-state index in [1.807, 2.05) is 31.2 Å². The Morgan fingerprint density at radius 1 is 1.18 bits per heavy atom. The minimum Gasteiger partial charge on any atom is -0.480 e. The van der Waals surface area contributed by atoms with Crippen molar-refractivity contribution in [3.8, 4) is 0 Å². The Bertz CT molecular complexity index is 638. The average Bonchev–Trinajstić information content (AvgIpc) is 2.50. The lowest BCUT2D eigenvalue weighted by Gasteiger charge is -2.06. The second kappa shape index (κ2) is 8.58. The van der Waals surface area contributed by atoms with Gasteiger partial charge in [0.05, 0.1) is 0 Å². The van der Waals surface area contributed by atoms with Crippen LogP contribution in [0.4, 0.5) is 0 Å². The lowest BCUT2D eigenvalue weighted by atomic mass is 10.1. The van der Waals surface area contributed by atoms with Crippen molar-refractivity contribution in [1.29, 1.82) is 0 Å². The number of hydrogen-bond acceptors (Lipinski definition) is 3. The van der Waals surface area contributed by atoms with E-state index < -0.39 is 17.1 Å². The summed E-state index contributed by atoms with van der Waals surface area (Å²) >= 11 is 9.24. The maximum atomic E-state index is 10.9. The largest absolute Gasteiger partial charge is 0.480 e. The van der Waals surface area contributed by atoms with Gasteiger partial charge in [-0.2, -0.15) is 0 Å². The zero-order valence-electron chi connectivity index (χ0n) is 11.9. The second-order valence-electron chi connectivity index (χ2n) is 4.54. The average molecular weight is 338 g/mol. The van der Waals surface area contributed by atoms with Gasteiger partial charge in [0.2, 0.25) is 5.12 Å². The van der Waals surface area contributed by atoms with Crippen LogP contribution in [0.5, 0.6) is 0 Å². The predicted octanol–water partition coefficient (Wildman–Crippen LogP) is 3.49. The molecule has 0 fully saturated rings. The van der Waals surface area contributed by atoms with Crippen molar-refractivity contribution in [1.82, 2.24) is 0 Å². The summed E-state index contributed by atoms with van der Waals surface area (Å²) in [6, 6.07) is 12.7. The molecule has 0 aliphatic carbocycles. The number of carboxylic acid groups (broad SMARTS) is 1. The van der Waals surface area contributed by atoms with Crippen LogP contribution in [-0.4, -0.2) is 16.2 Å². The van der Waals surface area contributed by atoms with Gasteiger partial charge in [-0.05, 0) is 30.7 Å². The number of rotatable bonds is 3. The lowest BCUT2D eigenvalue weighted by Crippen LogP contribution is -2.20. The first kappa shape index (κ1) is 18.2. The van der Waals surface area contributed by atoms with Crippen molar-refractivity contribution >= 4 is 35.3 Å². The van der Waals surface area contributed by atoms with E-state index in [9.17, 15) is 9.59 Å². The Morgan fingerprint density at radius 2 is 1.77 bits per heavy atom. The normalized spacial score (nSPS) is 11.1. The highest BCUT2D eigenvalue weighted by molar-refractivity contribution is 7.97. The highest BCUT2D eigenvalue weighted by atomic mass is 35.5. The molecular weight excluding hydrogens is 322 g/mol. The Labute approximate surface area is 139 Å². The van der Waals surface area contributed by atoms with Crippen LogP contribution in [0.1, 0.15) is 27.5 Å². The van der Waals surface area contributed by atoms with Gasteiger partial charge >= 0.3 is 5.97 Å². The van der Waals surface area contributed by atoms with Gasteiger partial charge in [-0.15, -0.1) is 12.6 Å². The number of aryl methyl sites for hydroxylation is 1. The molecule has 0 amide bonds. The predicted molar refractivity (Wildman–Crippen MR) is 90.5 cm³/mol. The second-order valence-corrected chi connectivity index (χ2v) is 5.38. The summed E-state index contributed by atoms with van der Waals surface area (Å²) in [6.45, 7) is 2.04. The highest BCUT2D eigenvalue weighted by Crippen LogP contribution is 2.14. The summed E-state index contributed by atoms with van der Waals surface area (Å²) in [6.07, 6.45) is 0. The fourth-order valence-corrected chi connectivity index (χ4v) is 1.81. The summed E-state index contributed by atoms with van der Waals surface area (Å²) in [5.74, 6) is -1.13. The van der Waals surface area contributed by atoms with Gasteiger partial charge in [0.1, 0.15) is 6.04 Å². The number of thiol groups is 1. The molecule has 2 rings (SSSR count). The molecule has 0 saturated heterocycles. The molecule has 2 aromatic rings. The van der Waals surface area contributed by atoms with Gasteiger partial charge in [0, 0.05) is 10.6 Å². The summed E-state index contributed by atoms with van der Waals surface area (Å²) in [7, 11) is 0. The maximum Gasteiger partial charge on any atom is 0.325 e. The Balaban J connectivity index is 0.000000255. The monoisotopic (exact) mass is 337 g/mol. The molecule has 0 aliphatic rings. The third-order valence-corrected chi connectivity index (χ3v) is 3.28. The van der Waals surface area contributed by atoms with Crippen LogP contribution in [0.25, 0.3) is 0 Å². The highest BCUT2D eigenvalue weighted by Gasteiger charge is 2.14. The topological polar surface area (TPSA) is 80.4 Å². The molecule has 0 aromatic heterocycles. The number of hydrogen-bond donors (Lipinski definition) is 3. The summed E-state index contributed by atoms with van der Waals surface area (Å²) < 4.78 is 0. The third kappa shape index (κ3) is 5.89. The van der Waals surface area contributed by atoms with E-state index in [2.05, 4.69) is 12.6 Å². The van der Waals surface area contributed by atoms with E-state index in [4.69, 9.17) is 22.4 Å². The standard InChI is InChI=1S/C9H9NO3S.C7H7Cl/c10-7(8(11)12)5-2-1-3-6(4-5)9(13)14;1-6-2-4-7(8)5-3-6/h1-4,7H,10H2,(H,11,12)(H,13,14);2-5H,1H3. The fourth-order valence-electron chi connectivity index (χ4n) is 1.54.